The van der Waals surface area contributed by atoms with E-state index in [1.807, 2.05) is 13.0 Å². The molecule has 104 valence electrons. The fraction of sp³-hybridized carbons (Fsp3) is 0.333. The third-order valence-electron chi connectivity index (χ3n) is 3.03. The fourth-order valence-electron chi connectivity index (χ4n) is 1.95. The highest BCUT2D eigenvalue weighted by Crippen LogP contribution is 2.34. The average molecular weight is 410 g/mol. The first-order valence-electron chi connectivity index (χ1n) is 5.72. The Kier molecular flexibility index (Phi) is 4.39. The molecule has 0 atom stereocenters. The summed E-state index contributed by atoms with van der Waals surface area (Å²) in [4.78, 5) is 0.142. The SMILES string of the molecule is CC1=CCN(S(=O)(=O)c2c(N)cc(Br)cc2Br)CC1. The van der Waals surface area contributed by atoms with E-state index in [0.717, 1.165) is 10.9 Å². The summed E-state index contributed by atoms with van der Waals surface area (Å²) in [7, 11) is -3.57. The van der Waals surface area contributed by atoms with Crippen LogP contribution in [0.5, 0.6) is 0 Å². The molecule has 0 fully saturated rings. The van der Waals surface area contributed by atoms with Crippen molar-refractivity contribution in [2.75, 3.05) is 18.8 Å². The minimum atomic E-state index is -3.57. The van der Waals surface area contributed by atoms with Gasteiger partial charge in [-0.1, -0.05) is 27.6 Å². The van der Waals surface area contributed by atoms with Gasteiger partial charge in [-0.25, -0.2) is 8.42 Å². The molecule has 2 rings (SSSR count). The van der Waals surface area contributed by atoms with Crippen LogP contribution in [0.1, 0.15) is 13.3 Å². The largest absolute Gasteiger partial charge is 0.398 e. The third-order valence-corrected chi connectivity index (χ3v) is 6.36. The normalized spacial score (nSPS) is 17.3. The molecule has 1 aromatic carbocycles. The quantitative estimate of drug-likeness (QED) is 0.602. The van der Waals surface area contributed by atoms with Gasteiger partial charge in [-0.2, -0.15) is 4.31 Å². The Hall–Kier alpha value is -0.370. The molecule has 0 aromatic heterocycles. The Balaban J connectivity index is 2.46. The number of nitrogen functional groups attached to an aromatic ring is 1. The van der Waals surface area contributed by atoms with Crippen LogP contribution in [0.4, 0.5) is 5.69 Å². The Morgan fingerprint density at radius 3 is 2.53 bits per heavy atom. The Labute approximate surface area is 130 Å². The minimum absolute atomic E-state index is 0.142. The number of halogens is 2. The van der Waals surface area contributed by atoms with Gasteiger partial charge in [0.15, 0.2) is 0 Å². The summed E-state index contributed by atoms with van der Waals surface area (Å²) in [6.45, 7) is 2.90. The van der Waals surface area contributed by atoms with Crippen LogP contribution >= 0.6 is 31.9 Å². The first-order valence-corrected chi connectivity index (χ1v) is 8.75. The van der Waals surface area contributed by atoms with Crippen molar-refractivity contribution in [2.45, 2.75) is 18.2 Å². The Bertz CT molecular complexity index is 618. The molecule has 1 aliphatic heterocycles. The van der Waals surface area contributed by atoms with E-state index in [9.17, 15) is 8.42 Å². The van der Waals surface area contributed by atoms with E-state index >= 15 is 0 Å². The van der Waals surface area contributed by atoms with E-state index in [4.69, 9.17) is 5.73 Å². The van der Waals surface area contributed by atoms with Gasteiger partial charge < -0.3 is 5.73 Å². The molecule has 0 radical (unpaired) electrons. The predicted octanol–water partition coefficient (Wildman–Crippen LogP) is 3.13. The van der Waals surface area contributed by atoms with Gasteiger partial charge >= 0.3 is 0 Å². The summed E-state index contributed by atoms with van der Waals surface area (Å²) >= 11 is 6.57. The van der Waals surface area contributed by atoms with Gasteiger partial charge in [0.1, 0.15) is 4.90 Å². The number of hydrogen-bond donors (Lipinski definition) is 1. The van der Waals surface area contributed by atoms with Gasteiger partial charge in [0.2, 0.25) is 10.0 Å². The number of anilines is 1. The molecular formula is C12H14Br2N2O2S. The van der Waals surface area contributed by atoms with Gasteiger partial charge in [-0.3, -0.25) is 0 Å². The minimum Gasteiger partial charge on any atom is -0.398 e. The average Bonchev–Trinajstić information content (AvgIpc) is 2.27. The van der Waals surface area contributed by atoms with E-state index in [-0.39, 0.29) is 10.6 Å². The van der Waals surface area contributed by atoms with Crippen molar-refractivity contribution in [3.05, 3.63) is 32.7 Å². The van der Waals surface area contributed by atoms with Gasteiger partial charge in [-0.15, -0.1) is 0 Å². The van der Waals surface area contributed by atoms with Crippen LogP contribution in [-0.4, -0.2) is 25.8 Å². The van der Waals surface area contributed by atoms with Crippen LogP contribution in [0.25, 0.3) is 0 Å². The zero-order valence-electron chi connectivity index (χ0n) is 10.4. The lowest BCUT2D eigenvalue weighted by molar-refractivity contribution is 0.431. The molecule has 2 N–H and O–H groups in total. The molecule has 0 saturated carbocycles. The molecule has 7 heteroatoms. The highest BCUT2D eigenvalue weighted by Gasteiger charge is 2.29. The lowest BCUT2D eigenvalue weighted by atomic mass is 10.1. The number of nitrogens with zero attached hydrogens (tertiary/aromatic N) is 1. The summed E-state index contributed by atoms with van der Waals surface area (Å²) in [5.74, 6) is 0. The van der Waals surface area contributed by atoms with Crippen molar-refractivity contribution >= 4 is 47.6 Å². The number of hydrogen-bond acceptors (Lipinski definition) is 3. The van der Waals surface area contributed by atoms with Crippen LogP contribution in [0.2, 0.25) is 0 Å². The molecule has 0 bridgehead atoms. The highest BCUT2D eigenvalue weighted by atomic mass is 79.9. The van der Waals surface area contributed by atoms with E-state index < -0.39 is 10.0 Å². The van der Waals surface area contributed by atoms with Crippen molar-refractivity contribution in [3.63, 3.8) is 0 Å². The molecule has 0 aliphatic carbocycles. The maximum absolute atomic E-state index is 12.6. The Morgan fingerprint density at radius 2 is 2.00 bits per heavy atom. The van der Waals surface area contributed by atoms with Gasteiger partial charge in [0, 0.05) is 22.0 Å². The first-order chi connectivity index (χ1) is 8.82. The van der Waals surface area contributed by atoms with Crippen molar-refractivity contribution in [2.24, 2.45) is 0 Å². The van der Waals surface area contributed by atoms with Crippen LogP contribution in [-0.2, 0) is 10.0 Å². The van der Waals surface area contributed by atoms with Gasteiger partial charge in [-0.05, 0) is 41.4 Å². The molecule has 0 unspecified atom stereocenters. The second kappa shape index (κ2) is 5.55. The summed E-state index contributed by atoms with van der Waals surface area (Å²) < 4.78 is 27.9. The van der Waals surface area contributed by atoms with Crippen LogP contribution < -0.4 is 5.73 Å². The summed E-state index contributed by atoms with van der Waals surface area (Å²) in [6, 6.07) is 3.29. The molecule has 0 amide bonds. The molecule has 4 nitrogen and oxygen atoms in total. The summed E-state index contributed by atoms with van der Waals surface area (Å²) in [5, 5.41) is 0. The molecule has 0 saturated heterocycles. The van der Waals surface area contributed by atoms with Gasteiger partial charge in [0.25, 0.3) is 0 Å². The fourth-order valence-corrected chi connectivity index (χ4v) is 5.35. The summed E-state index contributed by atoms with van der Waals surface area (Å²) in [5.41, 5.74) is 7.32. The van der Waals surface area contributed by atoms with E-state index in [0.29, 0.717) is 17.6 Å². The van der Waals surface area contributed by atoms with Crippen molar-refractivity contribution < 1.29 is 8.42 Å². The van der Waals surface area contributed by atoms with Crippen LogP contribution in [0, 0.1) is 0 Å². The monoisotopic (exact) mass is 408 g/mol. The predicted molar refractivity (Wildman–Crippen MR) is 83.4 cm³/mol. The van der Waals surface area contributed by atoms with Crippen molar-refractivity contribution in [3.8, 4) is 0 Å². The molecule has 19 heavy (non-hydrogen) atoms. The third kappa shape index (κ3) is 3.04. The molecule has 1 heterocycles. The molecular weight excluding hydrogens is 396 g/mol. The van der Waals surface area contributed by atoms with E-state index in [1.54, 1.807) is 12.1 Å². The molecule has 1 aliphatic rings. The van der Waals surface area contributed by atoms with Crippen molar-refractivity contribution in [1.82, 2.24) is 4.31 Å². The smallest absolute Gasteiger partial charge is 0.246 e. The zero-order valence-corrected chi connectivity index (χ0v) is 14.3. The lowest BCUT2D eigenvalue weighted by Crippen LogP contribution is -2.35. The van der Waals surface area contributed by atoms with Crippen molar-refractivity contribution in [1.29, 1.82) is 0 Å². The Morgan fingerprint density at radius 1 is 1.32 bits per heavy atom. The maximum Gasteiger partial charge on any atom is 0.246 e. The number of nitrogens with two attached hydrogens (primary N) is 1. The number of rotatable bonds is 2. The highest BCUT2D eigenvalue weighted by molar-refractivity contribution is 9.11. The topological polar surface area (TPSA) is 63.4 Å². The van der Waals surface area contributed by atoms with E-state index in [2.05, 4.69) is 31.9 Å². The van der Waals surface area contributed by atoms with Crippen LogP contribution in [0.15, 0.2) is 37.6 Å². The second-order valence-corrected chi connectivity index (χ2v) is 8.11. The second-order valence-electron chi connectivity index (χ2n) is 4.47. The van der Waals surface area contributed by atoms with E-state index in [1.165, 1.54) is 9.88 Å². The summed E-state index contributed by atoms with van der Waals surface area (Å²) in [6.07, 6.45) is 2.69. The van der Waals surface area contributed by atoms with Gasteiger partial charge in [0.05, 0.1) is 5.69 Å². The maximum atomic E-state index is 12.6. The number of sulfonamides is 1. The molecule has 0 spiro atoms. The standard InChI is InChI=1S/C12H14Br2N2O2S/c1-8-2-4-16(5-3-8)19(17,18)12-10(14)6-9(13)7-11(12)15/h2,6-7H,3-5,15H2,1H3. The lowest BCUT2D eigenvalue weighted by Gasteiger charge is -2.25. The number of benzene rings is 1. The zero-order chi connectivity index (χ0) is 14.2. The molecule has 1 aromatic rings. The first kappa shape index (κ1) is 15.0. The van der Waals surface area contributed by atoms with Crippen LogP contribution in [0.3, 0.4) is 0 Å².